The van der Waals surface area contributed by atoms with E-state index in [9.17, 15) is 5.11 Å². The maximum Gasteiger partial charge on any atom is 0.133 e. The van der Waals surface area contributed by atoms with Gasteiger partial charge in [-0.3, -0.25) is 0 Å². The van der Waals surface area contributed by atoms with Crippen LogP contribution in [0.15, 0.2) is 54.7 Å². The van der Waals surface area contributed by atoms with E-state index in [0.717, 1.165) is 36.5 Å². The monoisotopic (exact) mass is 377 g/mol. The second-order valence-electron chi connectivity index (χ2n) is 7.30. The summed E-state index contributed by atoms with van der Waals surface area (Å²) in [6.45, 7) is 3.02. The minimum absolute atomic E-state index is 0.267. The summed E-state index contributed by atoms with van der Waals surface area (Å²) in [5, 5.41) is 16.0. The van der Waals surface area contributed by atoms with Gasteiger partial charge in [0.1, 0.15) is 11.6 Å². The number of hydrogen-bond acceptors (Lipinski definition) is 5. The van der Waals surface area contributed by atoms with E-state index in [4.69, 9.17) is 4.74 Å². The minimum atomic E-state index is -0.267. The van der Waals surface area contributed by atoms with Crippen molar-refractivity contribution in [3.8, 4) is 5.75 Å². The molecule has 2 N–H and O–H groups in total. The highest BCUT2D eigenvalue weighted by atomic mass is 16.5. The van der Waals surface area contributed by atoms with Crippen molar-refractivity contribution in [2.75, 3.05) is 25.1 Å². The fraction of sp³-hybridized carbons (Fsp3) is 0.348. The molecule has 0 unspecified atom stereocenters. The summed E-state index contributed by atoms with van der Waals surface area (Å²) >= 11 is 0. The summed E-state index contributed by atoms with van der Waals surface area (Å²) in [4.78, 5) is 6.79. The average molecular weight is 377 g/mol. The van der Waals surface area contributed by atoms with Crippen molar-refractivity contribution in [1.29, 1.82) is 0 Å². The number of aliphatic hydroxyl groups excluding tert-OH is 1. The number of anilines is 1. The van der Waals surface area contributed by atoms with Gasteiger partial charge in [0.15, 0.2) is 0 Å². The van der Waals surface area contributed by atoms with Gasteiger partial charge in [-0.05, 0) is 35.7 Å². The molecule has 3 aromatic rings. The molecule has 0 saturated carbocycles. The van der Waals surface area contributed by atoms with E-state index < -0.39 is 0 Å². The number of nitrogens with zero attached hydrogens (tertiary/aromatic N) is 2. The van der Waals surface area contributed by atoms with E-state index in [0.29, 0.717) is 19.6 Å². The summed E-state index contributed by atoms with van der Waals surface area (Å²) in [5.74, 6) is 1.87. The molecule has 1 saturated heterocycles. The molecule has 2 heterocycles. The molecule has 28 heavy (non-hydrogen) atoms. The van der Waals surface area contributed by atoms with Crippen LogP contribution in [0.1, 0.15) is 24.0 Å². The quantitative estimate of drug-likeness (QED) is 0.689. The molecule has 1 aliphatic heterocycles. The molecule has 2 aromatic carbocycles. The molecule has 0 spiro atoms. The van der Waals surface area contributed by atoms with E-state index in [1.54, 1.807) is 7.11 Å². The first-order chi connectivity index (χ1) is 13.8. The summed E-state index contributed by atoms with van der Waals surface area (Å²) in [5.41, 5.74) is 2.32. The lowest BCUT2D eigenvalue weighted by molar-refractivity contribution is 0.154. The summed E-state index contributed by atoms with van der Waals surface area (Å²) in [6, 6.07) is 16.6. The lowest BCUT2D eigenvalue weighted by atomic mass is 10.0. The smallest absolute Gasteiger partial charge is 0.133 e. The van der Waals surface area contributed by atoms with Gasteiger partial charge in [-0.15, -0.1) is 0 Å². The first-order valence-electron chi connectivity index (χ1n) is 9.88. The van der Waals surface area contributed by atoms with Gasteiger partial charge in [0.05, 0.1) is 13.2 Å². The van der Waals surface area contributed by atoms with Crippen molar-refractivity contribution in [3.63, 3.8) is 0 Å². The van der Waals surface area contributed by atoms with Crippen LogP contribution in [0.3, 0.4) is 0 Å². The minimum Gasteiger partial charge on any atom is -0.496 e. The van der Waals surface area contributed by atoms with Crippen LogP contribution in [0.5, 0.6) is 5.75 Å². The molecule has 0 radical (unpaired) electrons. The Balaban J connectivity index is 1.51. The van der Waals surface area contributed by atoms with Gasteiger partial charge < -0.3 is 20.1 Å². The van der Waals surface area contributed by atoms with Gasteiger partial charge in [0, 0.05) is 43.5 Å². The molecular weight excluding hydrogens is 350 g/mol. The average Bonchev–Trinajstić information content (AvgIpc) is 2.74. The number of fused-ring (bicyclic) bond motifs is 1. The van der Waals surface area contributed by atoms with Crippen LogP contribution in [-0.4, -0.2) is 36.4 Å². The first-order valence-corrected chi connectivity index (χ1v) is 9.88. The topological polar surface area (TPSA) is 57.6 Å². The van der Waals surface area contributed by atoms with Crippen LogP contribution < -0.4 is 15.0 Å². The predicted molar refractivity (Wildman–Crippen MR) is 113 cm³/mol. The largest absolute Gasteiger partial charge is 0.496 e. The van der Waals surface area contributed by atoms with E-state index in [2.05, 4.69) is 51.6 Å². The molecule has 0 aliphatic carbocycles. The number of rotatable bonds is 6. The van der Waals surface area contributed by atoms with Crippen LogP contribution in [0.2, 0.25) is 0 Å². The number of piperidine rings is 1. The number of β-amino-alcohol motifs (C(OH)–C–C–N with tert-alkyl or cyclic N) is 1. The van der Waals surface area contributed by atoms with Gasteiger partial charge in [-0.1, -0.05) is 36.4 Å². The van der Waals surface area contributed by atoms with E-state index >= 15 is 0 Å². The van der Waals surface area contributed by atoms with Crippen molar-refractivity contribution in [2.45, 2.75) is 32.0 Å². The zero-order valence-corrected chi connectivity index (χ0v) is 16.3. The molecule has 4 rings (SSSR count). The molecule has 5 nitrogen and oxygen atoms in total. The lowest BCUT2D eigenvalue weighted by Crippen LogP contribution is -2.39. The molecule has 5 heteroatoms. The Labute approximate surface area is 166 Å². The highest BCUT2D eigenvalue weighted by molar-refractivity contribution is 5.87. The number of pyridine rings is 1. The zero-order valence-electron chi connectivity index (χ0n) is 16.3. The van der Waals surface area contributed by atoms with Gasteiger partial charge in [-0.2, -0.15) is 0 Å². The third kappa shape index (κ3) is 3.96. The van der Waals surface area contributed by atoms with E-state index in [1.807, 2.05) is 18.3 Å². The normalized spacial score (nSPS) is 17.1. The van der Waals surface area contributed by atoms with E-state index in [-0.39, 0.29) is 6.10 Å². The van der Waals surface area contributed by atoms with Crippen LogP contribution in [0.25, 0.3) is 10.8 Å². The Hall–Kier alpha value is -2.63. The SMILES string of the molecule is COc1ccc2ccccc2c1CNCc1cccnc1N1CCC[C@@H](O)C1. The Morgan fingerprint density at radius 3 is 2.89 bits per heavy atom. The highest BCUT2D eigenvalue weighted by Gasteiger charge is 2.20. The molecule has 1 aliphatic rings. The van der Waals surface area contributed by atoms with Gasteiger partial charge >= 0.3 is 0 Å². The van der Waals surface area contributed by atoms with Crippen molar-refractivity contribution >= 4 is 16.6 Å². The third-order valence-electron chi connectivity index (χ3n) is 5.40. The van der Waals surface area contributed by atoms with Crippen molar-refractivity contribution in [3.05, 3.63) is 65.9 Å². The fourth-order valence-electron chi connectivity index (χ4n) is 4.01. The third-order valence-corrected chi connectivity index (χ3v) is 5.40. The van der Waals surface area contributed by atoms with Crippen molar-refractivity contribution in [2.24, 2.45) is 0 Å². The predicted octanol–water partition coefficient (Wildman–Crippen LogP) is 3.49. The van der Waals surface area contributed by atoms with E-state index in [1.165, 1.54) is 16.3 Å². The number of aromatic nitrogens is 1. The Morgan fingerprint density at radius 2 is 2.04 bits per heavy atom. The molecular formula is C23H27N3O2. The number of nitrogens with one attached hydrogen (secondary N) is 1. The molecule has 146 valence electrons. The lowest BCUT2D eigenvalue weighted by Gasteiger charge is -2.32. The molecule has 1 aromatic heterocycles. The maximum absolute atomic E-state index is 10.0. The van der Waals surface area contributed by atoms with Crippen LogP contribution in [0.4, 0.5) is 5.82 Å². The second-order valence-corrected chi connectivity index (χ2v) is 7.30. The Bertz CT molecular complexity index is 944. The number of aliphatic hydroxyl groups is 1. The van der Waals surface area contributed by atoms with Crippen molar-refractivity contribution in [1.82, 2.24) is 10.3 Å². The van der Waals surface area contributed by atoms with Crippen LogP contribution in [-0.2, 0) is 13.1 Å². The summed E-state index contributed by atoms with van der Waals surface area (Å²) < 4.78 is 5.60. The molecule has 0 amide bonds. The standard InChI is InChI=1S/C23H27N3O2/c1-28-22-11-10-17-6-2-3-9-20(17)21(22)15-24-14-18-7-4-12-25-23(18)26-13-5-8-19(27)16-26/h2-4,6-7,9-12,19,24,27H,5,8,13-16H2,1H3/t19-/m1/s1. The number of ether oxygens (including phenoxy) is 1. The summed E-state index contributed by atoms with van der Waals surface area (Å²) in [7, 11) is 1.72. The van der Waals surface area contributed by atoms with Gasteiger partial charge in [-0.25, -0.2) is 4.98 Å². The summed E-state index contributed by atoms with van der Waals surface area (Å²) in [6.07, 6.45) is 3.43. The second kappa shape index (κ2) is 8.59. The molecule has 1 fully saturated rings. The highest BCUT2D eigenvalue weighted by Crippen LogP contribution is 2.28. The van der Waals surface area contributed by atoms with Gasteiger partial charge in [0.25, 0.3) is 0 Å². The van der Waals surface area contributed by atoms with Crippen LogP contribution >= 0.6 is 0 Å². The fourth-order valence-corrected chi connectivity index (χ4v) is 4.01. The van der Waals surface area contributed by atoms with Crippen LogP contribution in [0, 0.1) is 0 Å². The maximum atomic E-state index is 10.0. The zero-order chi connectivity index (χ0) is 19.3. The molecule has 0 bridgehead atoms. The number of methoxy groups -OCH3 is 1. The first kappa shape index (κ1) is 18.7. The Morgan fingerprint density at radius 1 is 1.14 bits per heavy atom. The van der Waals surface area contributed by atoms with Gasteiger partial charge in [0.2, 0.25) is 0 Å². The van der Waals surface area contributed by atoms with Crippen molar-refractivity contribution < 1.29 is 9.84 Å². The number of hydrogen-bond donors (Lipinski definition) is 2. The molecule has 1 atom stereocenters. The number of benzene rings is 2. The Kier molecular flexibility index (Phi) is 5.74.